The molecule has 66 valence electrons. The number of fused-ring (bicyclic) bond motifs is 1. The number of rotatable bonds is 0. The van der Waals surface area contributed by atoms with Crippen LogP contribution in [0, 0.1) is 0 Å². The normalized spacial score (nSPS) is 25.8. The smallest absolute Gasteiger partial charge is 0.0525 e. The highest BCUT2D eigenvalue weighted by molar-refractivity contribution is 5.34. The van der Waals surface area contributed by atoms with E-state index < -0.39 is 0 Å². The summed E-state index contributed by atoms with van der Waals surface area (Å²) in [5.74, 6) is 0. The molecule has 0 spiro atoms. The van der Waals surface area contributed by atoms with Crippen molar-refractivity contribution in [3.05, 3.63) is 17.5 Å². The summed E-state index contributed by atoms with van der Waals surface area (Å²) in [6.07, 6.45) is 2.90. The molecule has 12 heavy (non-hydrogen) atoms. The number of hydrogen-bond donors (Lipinski definition) is 1. The second-order valence-electron chi connectivity index (χ2n) is 4.17. The van der Waals surface area contributed by atoms with E-state index in [-0.39, 0.29) is 11.5 Å². The lowest BCUT2D eigenvalue weighted by molar-refractivity contribution is 0.415. The van der Waals surface area contributed by atoms with Gasteiger partial charge in [-0.15, -0.1) is 0 Å². The molecule has 2 N–H and O–H groups in total. The second kappa shape index (κ2) is 2.10. The van der Waals surface area contributed by atoms with Gasteiger partial charge in [0.05, 0.1) is 6.20 Å². The molecule has 0 radical (unpaired) electrons. The van der Waals surface area contributed by atoms with Crippen LogP contribution in [0.5, 0.6) is 0 Å². The van der Waals surface area contributed by atoms with E-state index in [2.05, 4.69) is 18.9 Å². The molecule has 0 aromatic carbocycles. The third-order valence-electron chi connectivity index (χ3n) is 2.99. The maximum Gasteiger partial charge on any atom is 0.0525 e. The Morgan fingerprint density at radius 2 is 2.33 bits per heavy atom. The van der Waals surface area contributed by atoms with Crippen LogP contribution in [0.4, 0.5) is 0 Å². The van der Waals surface area contributed by atoms with Crippen molar-refractivity contribution in [2.45, 2.75) is 31.7 Å². The summed E-state index contributed by atoms with van der Waals surface area (Å²) in [7, 11) is 1.98. The van der Waals surface area contributed by atoms with Gasteiger partial charge in [-0.05, 0) is 12.0 Å². The Bertz CT molecular complexity index is 312. The summed E-state index contributed by atoms with van der Waals surface area (Å²) in [5, 5.41) is 4.23. The Morgan fingerprint density at radius 1 is 1.67 bits per heavy atom. The maximum atomic E-state index is 6.04. The largest absolute Gasteiger partial charge is 0.327 e. The van der Waals surface area contributed by atoms with Crippen LogP contribution in [0.1, 0.15) is 25.1 Å². The van der Waals surface area contributed by atoms with Gasteiger partial charge in [-0.25, -0.2) is 0 Å². The van der Waals surface area contributed by atoms with Crippen LogP contribution in [0.2, 0.25) is 0 Å². The third-order valence-corrected chi connectivity index (χ3v) is 2.99. The zero-order valence-corrected chi connectivity index (χ0v) is 7.83. The monoisotopic (exact) mass is 165 g/mol. The molecule has 3 nitrogen and oxygen atoms in total. The highest BCUT2D eigenvalue weighted by Gasteiger charge is 2.39. The Balaban J connectivity index is 2.58. The number of nitrogens with two attached hydrogens (primary N) is 1. The first kappa shape index (κ1) is 7.80. The zero-order valence-electron chi connectivity index (χ0n) is 7.83. The molecule has 0 aliphatic heterocycles. The van der Waals surface area contributed by atoms with Crippen LogP contribution in [-0.4, -0.2) is 15.8 Å². The first-order valence-electron chi connectivity index (χ1n) is 4.30. The maximum absolute atomic E-state index is 6.04. The molecule has 0 bridgehead atoms. The van der Waals surface area contributed by atoms with Crippen molar-refractivity contribution >= 4 is 0 Å². The molecule has 1 heterocycles. The van der Waals surface area contributed by atoms with Crippen LogP contribution in [0.25, 0.3) is 0 Å². The number of aromatic nitrogens is 2. The average molecular weight is 165 g/mol. The van der Waals surface area contributed by atoms with Gasteiger partial charge in [0.2, 0.25) is 0 Å². The molecule has 1 aliphatic rings. The van der Waals surface area contributed by atoms with Crippen LogP contribution in [0.3, 0.4) is 0 Å². The second-order valence-corrected chi connectivity index (χ2v) is 4.17. The number of aryl methyl sites for hydroxylation is 1. The zero-order chi connectivity index (χ0) is 8.93. The molecule has 1 aromatic rings. The van der Waals surface area contributed by atoms with Gasteiger partial charge in [0.25, 0.3) is 0 Å². The lowest BCUT2D eigenvalue weighted by Crippen LogP contribution is -2.38. The lowest BCUT2D eigenvalue weighted by Gasteiger charge is -2.25. The number of hydrogen-bond acceptors (Lipinski definition) is 2. The minimum Gasteiger partial charge on any atom is -0.327 e. The van der Waals surface area contributed by atoms with E-state index in [0.29, 0.717) is 0 Å². The van der Waals surface area contributed by atoms with Gasteiger partial charge < -0.3 is 5.73 Å². The van der Waals surface area contributed by atoms with E-state index in [1.165, 1.54) is 11.3 Å². The molecule has 3 heteroatoms. The van der Waals surface area contributed by atoms with Crippen molar-refractivity contribution < 1.29 is 0 Å². The van der Waals surface area contributed by atoms with Gasteiger partial charge in [0.1, 0.15) is 0 Å². The molecule has 0 saturated heterocycles. The van der Waals surface area contributed by atoms with Crippen LogP contribution < -0.4 is 5.73 Å². The standard InChI is InChI=1S/C9H15N3/c1-9(2)7(10)4-6-5-11-12(3)8(6)9/h5,7H,4,10H2,1-3H3/t7-/m1/s1. The van der Waals surface area contributed by atoms with Crippen molar-refractivity contribution in [1.29, 1.82) is 0 Å². The highest BCUT2D eigenvalue weighted by Crippen LogP contribution is 2.36. The van der Waals surface area contributed by atoms with E-state index in [4.69, 9.17) is 5.73 Å². The summed E-state index contributed by atoms with van der Waals surface area (Å²) in [5.41, 5.74) is 8.73. The van der Waals surface area contributed by atoms with Crippen molar-refractivity contribution in [2.75, 3.05) is 0 Å². The molecule has 0 amide bonds. The average Bonchev–Trinajstić information content (AvgIpc) is 2.40. The molecule has 0 fully saturated rings. The van der Waals surface area contributed by atoms with Crippen LogP contribution >= 0.6 is 0 Å². The molecular formula is C9H15N3. The minimum atomic E-state index is 0.0839. The van der Waals surface area contributed by atoms with E-state index in [9.17, 15) is 0 Å². The van der Waals surface area contributed by atoms with Crippen molar-refractivity contribution in [3.8, 4) is 0 Å². The van der Waals surface area contributed by atoms with Gasteiger partial charge in [-0.1, -0.05) is 13.8 Å². The van der Waals surface area contributed by atoms with Gasteiger partial charge in [0, 0.05) is 24.2 Å². The first-order chi connectivity index (χ1) is 5.53. The Labute approximate surface area is 72.6 Å². The Hall–Kier alpha value is -0.830. The van der Waals surface area contributed by atoms with Gasteiger partial charge in [-0.2, -0.15) is 5.10 Å². The van der Waals surface area contributed by atoms with E-state index in [1.54, 1.807) is 0 Å². The van der Waals surface area contributed by atoms with Gasteiger partial charge in [0.15, 0.2) is 0 Å². The molecule has 0 unspecified atom stereocenters. The van der Waals surface area contributed by atoms with Crippen molar-refractivity contribution in [2.24, 2.45) is 12.8 Å². The fraction of sp³-hybridized carbons (Fsp3) is 0.667. The van der Waals surface area contributed by atoms with E-state index in [0.717, 1.165) is 6.42 Å². The van der Waals surface area contributed by atoms with Gasteiger partial charge >= 0.3 is 0 Å². The summed E-state index contributed by atoms with van der Waals surface area (Å²) in [6.45, 7) is 4.37. The Kier molecular flexibility index (Phi) is 1.37. The summed E-state index contributed by atoms with van der Waals surface area (Å²) < 4.78 is 1.95. The molecular weight excluding hydrogens is 150 g/mol. The molecule has 2 rings (SSSR count). The van der Waals surface area contributed by atoms with Crippen LogP contribution in [-0.2, 0) is 18.9 Å². The topological polar surface area (TPSA) is 43.8 Å². The van der Waals surface area contributed by atoms with E-state index in [1.807, 2.05) is 17.9 Å². The molecule has 1 aliphatic carbocycles. The van der Waals surface area contributed by atoms with Crippen molar-refractivity contribution in [1.82, 2.24) is 9.78 Å². The van der Waals surface area contributed by atoms with E-state index >= 15 is 0 Å². The molecule has 1 atom stereocenters. The first-order valence-corrected chi connectivity index (χ1v) is 4.30. The van der Waals surface area contributed by atoms with Gasteiger partial charge in [-0.3, -0.25) is 4.68 Å². The molecule has 0 saturated carbocycles. The highest BCUT2D eigenvalue weighted by atomic mass is 15.3. The predicted octanol–water partition coefficient (Wildman–Crippen LogP) is 0.581. The third kappa shape index (κ3) is 0.771. The fourth-order valence-electron chi connectivity index (χ4n) is 2.13. The summed E-state index contributed by atoms with van der Waals surface area (Å²) >= 11 is 0. The lowest BCUT2D eigenvalue weighted by atomic mass is 9.87. The van der Waals surface area contributed by atoms with Crippen molar-refractivity contribution in [3.63, 3.8) is 0 Å². The fourth-order valence-corrected chi connectivity index (χ4v) is 2.13. The minimum absolute atomic E-state index is 0.0839. The summed E-state index contributed by atoms with van der Waals surface area (Å²) in [4.78, 5) is 0. The quantitative estimate of drug-likeness (QED) is 0.611. The molecule has 1 aromatic heterocycles. The predicted molar refractivity (Wildman–Crippen MR) is 47.9 cm³/mol. The number of nitrogens with zero attached hydrogens (tertiary/aromatic N) is 2. The summed E-state index contributed by atoms with van der Waals surface area (Å²) in [6, 6.07) is 0.247. The van der Waals surface area contributed by atoms with Crippen LogP contribution in [0.15, 0.2) is 6.20 Å². The Morgan fingerprint density at radius 3 is 2.92 bits per heavy atom. The SMILES string of the molecule is Cn1ncc2c1C(C)(C)[C@H](N)C2.